The first-order valence-electron chi connectivity index (χ1n) is 4.36. The van der Waals surface area contributed by atoms with Crippen LogP contribution in [0.5, 0.6) is 0 Å². The summed E-state index contributed by atoms with van der Waals surface area (Å²) in [5, 5.41) is 11.6. The van der Waals surface area contributed by atoms with Crippen LogP contribution < -0.4 is 11.1 Å². The van der Waals surface area contributed by atoms with Crippen LogP contribution in [0, 0.1) is 0 Å². The van der Waals surface area contributed by atoms with Gasteiger partial charge in [-0.25, -0.2) is 0 Å². The van der Waals surface area contributed by atoms with Gasteiger partial charge in [-0.15, -0.1) is 18.3 Å². The van der Waals surface area contributed by atoms with E-state index in [-0.39, 0.29) is 4.75 Å². The lowest BCUT2D eigenvalue weighted by Gasteiger charge is -2.20. The zero-order chi connectivity index (χ0) is 11.2. The van der Waals surface area contributed by atoms with Gasteiger partial charge in [-0.3, -0.25) is 10.1 Å². The molecule has 0 bridgehead atoms. The summed E-state index contributed by atoms with van der Waals surface area (Å²) in [5.74, 6) is -0.0146. The molecule has 0 unspecified atom stereocenters. The van der Waals surface area contributed by atoms with Gasteiger partial charge in [0.05, 0.1) is 0 Å². The quantitative estimate of drug-likeness (QED) is 0.593. The summed E-state index contributed by atoms with van der Waals surface area (Å²) < 4.78 is -0.161. The zero-order valence-corrected chi connectivity index (χ0v) is 9.43. The fourth-order valence-corrected chi connectivity index (χ4v) is 2.00. The monoisotopic (exact) mass is 218 g/mol. The zero-order valence-electron chi connectivity index (χ0n) is 8.62. The number of nitrogens with one attached hydrogen (secondary N) is 1. The third kappa shape index (κ3) is 4.13. The largest absolute Gasteiger partial charge is 0.480 e. The predicted octanol–water partition coefficient (Wildman–Crippen LogP) is 0.643. The van der Waals surface area contributed by atoms with Gasteiger partial charge >= 0.3 is 5.97 Å². The predicted molar refractivity (Wildman–Crippen MR) is 60.3 cm³/mol. The molecule has 1 aliphatic heterocycles. The maximum absolute atomic E-state index is 10.5. The molecule has 4 nitrogen and oxygen atoms in total. The minimum absolute atomic E-state index is 0.161. The molecule has 0 aromatic rings. The molecule has 5 heteroatoms. The summed E-state index contributed by atoms with van der Waals surface area (Å²) in [4.78, 5) is 10.5. The van der Waals surface area contributed by atoms with E-state index in [4.69, 9.17) is 10.8 Å². The van der Waals surface area contributed by atoms with E-state index in [1.807, 2.05) is 13.8 Å². The summed E-state index contributed by atoms with van der Waals surface area (Å²) in [7, 11) is 0. The molecule has 1 rings (SSSR count). The lowest BCUT2D eigenvalue weighted by molar-refractivity contribution is -0.139. The summed E-state index contributed by atoms with van der Waals surface area (Å²) >= 11 is 1.64. The van der Waals surface area contributed by atoms with Gasteiger partial charge in [0, 0.05) is 17.2 Å². The Kier molecular flexibility index (Phi) is 5.83. The highest BCUT2D eigenvalue weighted by Gasteiger charge is 2.39. The van der Waals surface area contributed by atoms with E-state index in [1.54, 1.807) is 17.8 Å². The van der Waals surface area contributed by atoms with E-state index in [9.17, 15) is 4.79 Å². The highest BCUT2D eigenvalue weighted by atomic mass is 32.2. The van der Waals surface area contributed by atoms with Crippen LogP contribution in [0.1, 0.15) is 13.8 Å². The van der Waals surface area contributed by atoms with Crippen LogP contribution in [-0.4, -0.2) is 34.3 Å². The molecule has 1 fully saturated rings. The summed E-state index contributed by atoms with van der Waals surface area (Å²) in [6, 6.07) is -0.391. The second-order valence-corrected chi connectivity index (χ2v) is 5.02. The van der Waals surface area contributed by atoms with E-state index in [0.717, 1.165) is 5.88 Å². The molecule has 82 valence electrons. The molecule has 0 amide bonds. The smallest absolute Gasteiger partial charge is 0.322 e. The summed E-state index contributed by atoms with van der Waals surface area (Å²) in [5.41, 5.74) is 4.91. The molecule has 1 heterocycles. The number of aliphatic carboxylic acids is 1. The van der Waals surface area contributed by atoms with E-state index >= 15 is 0 Å². The maximum Gasteiger partial charge on any atom is 0.322 e. The summed E-state index contributed by atoms with van der Waals surface area (Å²) in [6.07, 6.45) is 1.65. The lowest BCUT2D eigenvalue weighted by atomic mass is 10.0. The maximum atomic E-state index is 10.5. The molecule has 0 aromatic carbocycles. The van der Waals surface area contributed by atoms with Gasteiger partial charge in [-0.05, 0) is 13.8 Å². The highest BCUT2D eigenvalue weighted by molar-refractivity contribution is 8.00. The third-order valence-corrected chi connectivity index (χ3v) is 3.13. The van der Waals surface area contributed by atoms with E-state index in [1.165, 1.54) is 0 Å². The SMILES string of the molecule is C=CCN.CC1(C)SCN[C@@H]1C(=O)O. The molecule has 1 saturated heterocycles. The van der Waals surface area contributed by atoms with Crippen molar-refractivity contribution < 1.29 is 9.90 Å². The number of carboxylic acid groups (broad SMARTS) is 1. The van der Waals surface area contributed by atoms with Gasteiger partial charge in [-0.2, -0.15) is 0 Å². The molecule has 14 heavy (non-hydrogen) atoms. The van der Waals surface area contributed by atoms with Gasteiger partial charge in [0.1, 0.15) is 6.04 Å². The van der Waals surface area contributed by atoms with E-state index in [2.05, 4.69) is 11.9 Å². The van der Waals surface area contributed by atoms with Gasteiger partial charge in [0.15, 0.2) is 0 Å². The average Bonchev–Trinajstić information content (AvgIpc) is 2.45. The number of hydrogen-bond acceptors (Lipinski definition) is 4. The Morgan fingerprint density at radius 2 is 2.36 bits per heavy atom. The minimum Gasteiger partial charge on any atom is -0.480 e. The molecular formula is C9H18N2O2S. The Morgan fingerprint density at radius 1 is 1.86 bits per heavy atom. The van der Waals surface area contributed by atoms with E-state index < -0.39 is 12.0 Å². The Bertz CT molecular complexity index is 207. The van der Waals surface area contributed by atoms with Gasteiger partial charge in [-0.1, -0.05) is 6.08 Å². The Balaban J connectivity index is 0.000000364. The number of thioether (sulfide) groups is 1. The topological polar surface area (TPSA) is 75.3 Å². The number of nitrogens with two attached hydrogens (primary N) is 1. The third-order valence-electron chi connectivity index (χ3n) is 1.84. The van der Waals surface area contributed by atoms with Crippen molar-refractivity contribution in [3.8, 4) is 0 Å². The van der Waals surface area contributed by atoms with Crippen molar-refractivity contribution in [3.05, 3.63) is 12.7 Å². The van der Waals surface area contributed by atoms with Crippen LogP contribution in [-0.2, 0) is 4.79 Å². The molecule has 4 N–H and O–H groups in total. The molecule has 0 spiro atoms. The van der Waals surface area contributed by atoms with Crippen LogP contribution >= 0.6 is 11.8 Å². The molecule has 0 aromatic heterocycles. The molecule has 0 radical (unpaired) electrons. The molecule has 0 aliphatic carbocycles. The van der Waals surface area contributed by atoms with Crippen molar-refractivity contribution in [3.63, 3.8) is 0 Å². The van der Waals surface area contributed by atoms with Crippen molar-refractivity contribution in [2.24, 2.45) is 5.73 Å². The van der Waals surface area contributed by atoms with Crippen LogP contribution in [0.3, 0.4) is 0 Å². The Hall–Kier alpha value is -0.520. The lowest BCUT2D eigenvalue weighted by Crippen LogP contribution is -2.43. The van der Waals surface area contributed by atoms with E-state index in [0.29, 0.717) is 6.54 Å². The first kappa shape index (κ1) is 13.5. The van der Waals surface area contributed by atoms with Crippen LogP contribution in [0.4, 0.5) is 0 Å². The van der Waals surface area contributed by atoms with Crippen molar-refractivity contribution >= 4 is 17.7 Å². The fraction of sp³-hybridized carbons (Fsp3) is 0.667. The molecule has 1 aliphatic rings. The van der Waals surface area contributed by atoms with Crippen LogP contribution in [0.2, 0.25) is 0 Å². The normalized spacial score (nSPS) is 23.5. The second-order valence-electron chi connectivity index (χ2n) is 3.39. The minimum atomic E-state index is -0.755. The number of rotatable bonds is 2. The number of carbonyl (C=O) groups is 1. The first-order chi connectivity index (χ1) is 6.45. The Labute approximate surface area is 88.9 Å². The van der Waals surface area contributed by atoms with Gasteiger partial charge < -0.3 is 10.8 Å². The van der Waals surface area contributed by atoms with Crippen molar-refractivity contribution in [1.82, 2.24) is 5.32 Å². The van der Waals surface area contributed by atoms with Gasteiger partial charge in [0.2, 0.25) is 0 Å². The highest BCUT2D eigenvalue weighted by Crippen LogP contribution is 2.32. The average molecular weight is 218 g/mol. The van der Waals surface area contributed by atoms with Crippen molar-refractivity contribution in [1.29, 1.82) is 0 Å². The second kappa shape index (κ2) is 6.06. The van der Waals surface area contributed by atoms with Gasteiger partial charge in [0.25, 0.3) is 0 Å². The molecular weight excluding hydrogens is 200 g/mol. The standard InChI is InChI=1S/C6H11NO2S.C3H7N/c1-6(2)4(5(8)9)7-3-10-6;1-2-3-4/h4,7H,3H2,1-2H3,(H,8,9);2H,1,3-4H2/t4-;/m1./s1. The van der Waals surface area contributed by atoms with Crippen molar-refractivity contribution in [2.45, 2.75) is 24.6 Å². The molecule has 0 saturated carbocycles. The fourth-order valence-electron chi connectivity index (χ4n) is 1.02. The first-order valence-corrected chi connectivity index (χ1v) is 5.35. The molecule has 1 atom stereocenters. The van der Waals surface area contributed by atoms with Crippen LogP contribution in [0.25, 0.3) is 0 Å². The van der Waals surface area contributed by atoms with Crippen molar-refractivity contribution in [2.75, 3.05) is 12.4 Å². The summed E-state index contributed by atoms with van der Waals surface area (Å²) in [6.45, 7) is 7.82. The Morgan fingerprint density at radius 3 is 2.50 bits per heavy atom. The number of hydrogen-bond donors (Lipinski definition) is 3. The van der Waals surface area contributed by atoms with Crippen LogP contribution in [0.15, 0.2) is 12.7 Å². The number of carboxylic acids is 1.